The lowest BCUT2D eigenvalue weighted by Crippen LogP contribution is -2.14. The zero-order chi connectivity index (χ0) is 22.0. The topological polar surface area (TPSA) is 70.0 Å². The molecule has 2 heterocycles. The summed E-state index contributed by atoms with van der Waals surface area (Å²) < 4.78 is 6.15. The first-order valence-corrected chi connectivity index (χ1v) is 10.5. The molecule has 2 aliphatic heterocycles. The maximum absolute atomic E-state index is 10.2. The van der Waals surface area contributed by atoms with E-state index in [1.54, 1.807) is 30.3 Å². The first kappa shape index (κ1) is 21.4. The van der Waals surface area contributed by atoms with Crippen molar-refractivity contribution in [1.82, 2.24) is 4.90 Å². The molecular formula is C25H24ClNO4. The number of likely N-dealkylation sites (N-methyl/N-ethyl adjacent to an activating group) is 1. The molecule has 2 aliphatic rings. The van der Waals surface area contributed by atoms with Crippen molar-refractivity contribution in [1.29, 1.82) is 0 Å². The van der Waals surface area contributed by atoms with E-state index in [1.807, 2.05) is 18.2 Å². The molecule has 1 saturated heterocycles. The third-order valence-electron chi connectivity index (χ3n) is 5.76. The number of hydrogen-bond acceptors (Lipinski definition) is 4. The van der Waals surface area contributed by atoms with Gasteiger partial charge in [-0.25, -0.2) is 4.79 Å². The number of aliphatic hydroxyl groups is 1. The molecule has 3 atom stereocenters. The molecule has 6 heteroatoms. The Morgan fingerprint density at radius 3 is 2.29 bits per heavy atom. The molecule has 1 fully saturated rings. The van der Waals surface area contributed by atoms with Crippen molar-refractivity contribution in [2.24, 2.45) is 0 Å². The summed E-state index contributed by atoms with van der Waals surface area (Å²) in [5, 5.41) is 18.2. The monoisotopic (exact) mass is 437 g/mol. The van der Waals surface area contributed by atoms with Crippen LogP contribution in [0.15, 0.2) is 72.8 Å². The van der Waals surface area contributed by atoms with Crippen LogP contribution in [-0.2, 0) is 4.79 Å². The van der Waals surface area contributed by atoms with Crippen LogP contribution in [0.4, 0.5) is 0 Å². The quantitative estimate of drug-likeness (QED) is 0.586. The Bertz CT molecular complexity index is 1070. The molecule has 0 saturated carbocycles. The van der Waals surface area contributed by atoms with Gasteiger partial charge in [-0.2, -0.15) is 0 Å². The van der Waals surface area contributed by atoms with Crippen LogP contribution in [0.3, 0.4) is 0 Å². The fraction of sp³-hybridized carbons (Fsp3) is 0.240. The number of carboxylic acid groups (broad SMARTS) is 1. The lowest BCUT2D eigenvalue weighted by Gasteiger charge is -2.17. The highest BCUT2D eigenvalue weighted by atomic mass is 35.5. The molecule has 160 valence electrons. The summed E-state index contributed by atoms with van der Waals surface area (Å²) in [7, 11) is 2.18. The number of ether oxygens (including phenoxy) is 1. The number of aliphatic hydroxyl groups excluding tert-OH is 1. The molecular weight excluding hydrogens is 414 g/mol. The number of likely N-dealkylation sites (tertiary alicyclic amines) is 1. The fourth-order valence-electron chi connectivity index (χ4n) is 4.31. The van der Waals surface area contributed by atoms with Crippen molar-refractivity contribution in [3.05, 3.63) is 94.5 Å². The van der Waals surface area contributed by atoms with Crippen molar-refractivity contribution in [3.63, 3.8) is 0 Å². The van der Waals surface area contributed by atoms with Crippen LogP contribution < -0.4 is 4.74 Å². The molecule has 0 spiro atoms. The van der Waals surface area contributed by atoms with Gasteiger partial charge in [0.15, 0.2) is 6.10 Å². The second-order valence-electron chi connectivity index (χ2n) is 7.91. The molecule has 5 nitrogen and oxygen atoms in total. The Labute approximate surface area is 186 Å². The van der Waals surface area contributed by atoms with Gasteiger partial charge in [0, 0.05) is 35.5 Å². The molecule has 0 bridgehead atoms. The van der Waals surface area contributed by atoms with E-state index < -0.39 is 12.1 Å². The highest BCUT2D eigenvalue weighted by Crippen LogP contribution is 2.49. The minimum Gasteiger partial charge on any atom is -0.479 e. The molecule has 5 rings (SSSR count). The summed E-state index contributed by atoms with van der Waals surface area (Å²) >= 11 is 6.20. The number of nitrogens with zero attached hydrogens (tertiary/aromatic N) is 1. The van der Waals surface area contributed by atoms with Gasteiger partial charge in [0.2, 0.25) is 0 Å². The van der Waals surface area contributed by atoms with Gasteiger partial charge in [-0.15, -0.1) is 0 Å². The molecule has 3 aromatic rings. The zero-order valence-electron chi connectivity index (χ0n) is 17.1. The number of para-hydroxylation sites is 1. The SMILES string of the molecule is CN1C[C@H]2c3ccccc3Oc3ccc(Cl)cc3[C@@H]2C1.O=C(O)C(O)c1ccccc1. The first-order valence-electron chi connectivity index (χ1n) is 10.1. The third kappa shape index (κ3) is 4.59. The number of halogens is 1. The summed E-state index contributed by atoms with van der Waals surface area (Å²) in [6, 6.07) is 22.6. The third-order valence-corrected chi connectivity index (χ3v) is 6.00. The van der Waals surface area contributed by atoms with E-state index in [0.717, 1.165) is 29.6 Å². The maximum Gasteiger partial charge on any atom is 0.337 e. The van der Waals surface area contributed by atoms with Crippen LogP contribution in [0.2, 0.25) is 5.02 Å². The van der Waals surface area contributed by atoms with Crippen molar-refractivity contribution in [3.8, 4) is 11.5 Å². The number of carbonyl (C=O) groups is 1. The Balaban J connectivity index is 0.000000180. The van der Waals surface area contributed by atoms with Crippen molar-refractivity contribution in [2.45, 2.75) is 17.9 Å². The van der Waals surface area contributed by atoms with Crippen LogP contribution >= 0.6 is 11.6 Å². The highest BCUT2D eigenvalue weighted by molar-refractivity contribution is 6.30. The van der Waals surface area contributed by atoms with E-state index in [-0.39, 0.29) is 0 Å². The summed E-state index contributed by atoms with van der Waals surface area (Å²) in [6.45, 7) is 2.12. The summed E-state index contributed by atoms with van der Waals surface area (Å²) in [6.07, 6.45) is -1.41. The standard InChI is InChI=1S/C17H16ClNO.C8H8O3/c1-19-9-14-12-4-2-3-5-16(12)20-17-7-6-11(18)8-13(17)15(14)10-19;9-7(8(10)11)6-4-2-1-3-5-6/h2-8,14-15H,9-10H2,1H3;1-5,7,9H,(H,10,11)/t14-,15-;/m0./s1. The Hall–Kier alpha value is -2.86. The normalized spacial score (nSPS) is 20.1. The smallest absolute Gasteiger partial charge is 0.337 e. The number of aliphatic carboxylic acids is 1. The Morgan fingerprint density at radius 1 is 0.968 bits per heavy atom. The van der Waals surface area contributed by atoms with E-state index in [9.17, 15) is 4.79 Å². The summed E-state index contributed by atoms with van der Waals surface area (Å²) in [5.74, 6) is 1.65. The van der Waals surface area contributed by atoms with Gasteiger partial charge in [-0.1, -0.05) is 60.1 Å². The molecule has 31 heavy (non-hydrogen) atoms. The molecule has 1 unspecified atom stereocenters. The second-order valence-corrected chi connectivity index (χ2v) is 8.34. The predicted molar refractivity (Wildman–Crippen MR) is 120 cm³/mol. The molecule has 2 N–H and O–H groups in total. The molecule has 3 aromatic carbocycles. The highest BCUT2D eigenvalue weighted by Gasteiger charge is 2.38. The van der Waals surface area contributed by atoms with Crippen LogP contribution in [0.25, 0.3) is 0 Å². The summed E-state index contributed by atoms with van der Waals surface area (Å²) in [4.78, 5) is 12.6. The van der Waals surface area contributed by atoms with Crippen molar-refractivity contribution in [2.75, 3.05) is 20.1 Å². The van der Waals surface area contributed by atoms with E-state index in [2.05, 4.69) is 36.2 Å². The molecule has 0 radical (unpaired) electrons. The van der Waals surface area contributed by atoms with Crippen molar-refractivity contribution >= 4 is 17.6 Å². The van der Waals surface area contributed by atoms with Crippen LogP contribution in [0, 0.1) is 0 Å². The minimum absolute atomic E-state index is 0.403. The van der Waals surface area contributed by atoms with Gasteiger partial charge in [0.05, 0.1) is 0 Å². The van der Waals surface area contributed by atoms with E-state index in [4.69, 9.17) is 26.6 Å². The average Bonchev–Trinajstić information content (AvgIpc) is 3.12. The number of hydrogen-bond donors (Lipinski definition) is 2. The van der Waals surface area contributed by atoms with E-state index in [1.165, 1.54) is 11.1 Å². The molecule has 0 aliphatic carbocycles. The van der Waals surface area contributed by atoms with Crippen LogP contribution in [0.5, 0.6) is 11.5 Å². The Morgan fingerprint density at radius 2 is 1.58 bits per heavy atom. The van der Waals surface area contributed by atoms with Gasteiger partial charge in [-0.05, 0) is 42.4 Å². The van der Waals surface area contributed by atoms with Gasteiger partial charge >= 0.3 is 5.97 Å². The largest absolute Gasteiger partial charge is 0.479 e. The van der Waals surface area contributed by atoms with Gasteiger partial charge in [0.25, 0.3) is 0 Å². The minimum atomic E-state index is -1.41. The second kappa shape index (κ2) is 9.10. The molecule has 0 aromatic heterocycles. The first-order chi connectivity index (χ1) is 14.9. The maximum atomic E-state index is 10.2. The van der Waals surface area contributed by atoms with Gasteiger partial charge in [0.1, 0.15) is 11.5 Å². The lowest BCUT2D eigenvalue weighted by atomic mass is 9.84. The Kier molecular flexibility index (Phi) is 6.28. The average molecular weight is 438 g/mol. The van der Waals surface area contributed by atoms with E-state index in [0.29, 0.717) is 17.4 Å². The van der Waals surface area contributed by atoms with Crippen LogP contribution in [0.1, 0.15) is 34.6 Å². The van der Waals surface area contributed by atoms with E-state index >= 15 is 0 Å². The van der Waals surface area contributed by atoms with Crippen LogP contribution in [-0.4, -0.2) is 41.2 Å². The number of rotatable bonds is 2. The molecule has 0 amide bonds. The fourth-order valence-corrected chi connectivity index (χ4v) is 4.49. The number of fused-ring (bicyclic) bond motifs is 5. The van der Waals surface area contributed by atoms with Gasteiger partial charge < -0.3 is 19.8 Å². The predicted octanol–water partition coefficient (Wildman–Crippen LogP) is 5.06. The number of benzene rings is 3. The lowest BCUT2D eigenvalue weighted by molar-refractivity contribution is -0.146. The van der Waals surface area contributed by atoms with Gasteiger partial charge in [-0.3, -0.25) is 0 Å². The van der Waals surface area contributed by atoms with Crippen molar-refractivity contribution < 1.29 is 19.7 Å². The number of carboxylic acids is 1. The zero-order valence-corrected chi connectivity index (χ0v) is 17.9. The summed E-state index contributed by atoms with van der Waals surface area (Å²) in [5.41, 5.74) is 2.96.